The summed E-state index contributed by atoms with van der Waals surface area (Å²) >= 11 is 5.50. The summed E-state index contributed by atoms with van der Waals surface area (Å²) in [6.07, 6.45) is -7.72. The maximum atomic E-state index is 12.2. The highest BCUT2D eigenvalue weighted by atomic mass is 35.5. The Morgan fingerprint density at radius 3 is 2.44 bits per heavy atom. The molecule has 1 aromatic carbocycles. The molecule has 0 aliphatic rings. The van der Waals surface area contributed by atoms with Crippen LogP contribution in [-0.2, 0) is 0 Å². The van der Waals surface area contributed by atoms with Gasteiger partial charge in [-0.1, -0.05) is 17.7 Å². The minimum atomic E-state index is -4.91. The molecule has 0 aromatic heterocycles. The van der Waals surface area contributed by atoms with Gasteiger partial charge in [0.1, 0.15) is 5.02 Å². The third kappa shape index (κ3) is 3.09. The Morgan fingerprint density at radius 2 is 2.00 bits per heavy atom. The number of nitro groups is 1. The van der Waals surface area contributed by atoms with Crippen LogP contribution in [0.3, 0.4) is 0 Å². The monoisotopic (exact) mass is 284 g/mol. The van der Waals surface area contributed by atoms with Crippen molar-refractivity contribution in [1.82, 2.24) is 0 Å². The molecule has 1 rings (SSSR count). The van der Waals surface area contributed by atoms with Crippen molar-refractivity contribution in [1.29, 1.82) is 0 Å². The number of hydrogen-bond donors (Lipinski definition) is 2. The molecule has 100 valence electrons. The van der Waals surface area contributed by atoms with E-state index in [1.54, 1.807) is 0 Å². The lowest BCUT2D eigenvalue weighted by atomic mass is 10.0. The molecule has 0 fully saturated rings. The summed E-state index contributed by atoms with van der Waals surface area (Å²) < 4.78 is 36.7. The summed E-state index contributed by atoms with van der Waals surface area (Å²) in [5.41, 5.74) is 4.41. The van der Waals surface area contributed by atoms with Crippen LogP contribution in [0.2, 0.25) is 5.02 Å². The van der Waals surface area contributed by atoms with E-state index < -0.39 is 28.9 Å². The van der Waals surface area contributed by atoms with Gasteiger partial charge in [-0.25, -0.2) is 0 Å². The molecule has 18 heavy (non-hydrogen) atoms. The van der Waals surface area contributed by atoms with Crippen molar-refractivity contribution in [3.05, 3.63) is 38.9 Å². The molecule has 0 aliphatic carbocycles. The van der Waals surface area contributed by atoms with E-state index in [0.29, 0.717) is 0 Å². The van der Waals surface area contributed by atoms with Crippen molar-refractivity contribution >= 4 is 17.3 Å². The maximum Gasteiger partial charge on any atom is 0.416 e. The lowest BCUT2D eigenvalue weighted by molar-refractivity contribution is -0.384. The van der Waals surface area contributed by atoms with Crippen LogP contribution < -0.4 is 5.73 Å². The van der Waals surface area contributed by atoms with Gasteiger partial charge in [-0.3, -0.25) is 10.1 Å². The van der Waals surface area contributed by atoms with Crippen molar-refractivity contribution in [2.75, 3.05) is 0 Å². The number of aliphatic hydroxyl groups is 1. The molecule has 9 heteroatoms. The lowest BCUT2D eigenvalue weighted by Gasteiger charge is -2.21. The molecule has 0 saturated heterocycles. The van der Waals surface area contributed by atoms with Crippen LogP contribution >= 0.6 is 11.6 Å². The largest absolute Gasteiger partial charge is 0.416 e. The Labute approximate surface area is 104 Å². The van der Waals surface area contributed by atoms with Gasteiger partial charge in [-0.05, 0) is 11.6 Å². The van der Waals surface area contributed by atoms with E-state index in [2.05, 4.69) is 0 Å². The number of hydrogen-bond acceptors (Lipinski definition) is 4. The highest BCUT2D eigenvalue weighted by Crippen LogP contribution is 2.32. The van der Waals surface area contributed by atoms with Gasteiger partial charge in [-0.15, -0.1) is 0 Å². The van der Waals surface area contributed by atoms with Crippen LogP contribution in [-0.4, -0.2) is 22.3 Å². The number of nitrogens with zero attached hydrogens (tertiary/aromatic N) is 1. The van der Waals surface area contributed by atoms with E-state index in [1.807, 2.05) is 0 Å². The average Bonchev–Trinajstić information content (AvgIpc) is 2.26. The summed E-state index contributed by atoms with van der Waals surface area (Å²) in [5.74, 6) is 0. The minimum absolute atomic E-state index is 0.225. The Balaban J connectivity index is 3.11. The van der Waals surface area contributed by atoms with Crippen LogP contribution in [0.1, 0.15) is 11.6 Å². The summed E-state index contributed by atoms with van der Waals surface area (Å²) in [6.45, 7) is 0. The number of nitrogens with two attached hydrogens (primary N) is 1. The summed E-state index contributed by atoms with van der Waals surface area (Å²) in [7, 11) is 0. The molecule has 0 radical (unpaired) electrons. The lowest BCUT2D eigenvalue weighted by Crippen LogP contribution is -2.38. The first-order chi connectivity index (χ1) is 8.14. The third-order valence-electron chi connectivity index (χ3n) is 2.23. The number of benzene rings is 1. The highest BCUT2D eigenvalue weighted by Gasteiger charge is 2.43. The van der Waals surface area contributed by atoms with Crippen LogP contribution in [0.25, 0.3) is 0 Å². The SMILES string of the molecule is N[C@H](c1ccc(Cl)c([N+](=O)[O-])c1)[C@@H](O)C(F)(F)F. The van der Waals surface area contributed by atoms with Crippen LogP contribution in [0.4, 0.5) is 18.9 Å². The van der Waals surface area contributed by atoms with Crippen molar-refractivity contribution < 1.29 is 23.2 Å². The average molecular weight is 285 g/mol. The molecular weight excluding hydrogens is 277 g/mol. The predicted molar refractivity (Wildman–Crippen MR) is 57.1 cm³/mol. The van der Waals surface area contributed by atoms with Crippen LogP contribution in [0.15, 0.2) is 18.2 Å². The number of alkyl halides is 3. The molecule has 5 nitrogen and oxygen atoms in total. The van der Waals surface area contributed by atoms with Crippen molar-refractivity contribution in [3.63, 3.8) is 0 Å². The summed E-state index contributed by atoms with van der Waals surface area (Å²) in [6, 6.07) is 1.13. The van der Waals surface area contributed by atoms with Gasteiger partial charge in [0.15, 0.2) is 6.10 Å². The fourth-order valence-corrected chi connectivity index (χ4v) is 1.45. The third-order valence-corrected chi connectivity index (χ3v) is 2.55. The van der Waals surface area contributed by atoms with Gasteiger partial charge in [-0.2, -0.15) is 13.2 Å². The molecule has 1 aromatic rings. The van der Waals surface area contributed by atoms with Gasteiger partial charge in [0.2, 0.25) is 0 Å². The van der Waals surface area contributed by atoms with Crippen LogP contribution in [0.5, 0.6) is 0 Å². The van der Waals surface area contributed by atoms with Crippen molar-refractivity contribution in [3.8, 4) is 0 Å². The summed E-state index contributed by atoms with van der Waals surface area (Å²) in [5, 5.41) is 19.3. The molecule has 0 bridgehead atoms. The van der Waals surface area contributed by atoms with E-state index >= 15 is 0 Å². The second kappa shape index (κ2) is 5.09. The molecule has 0 heterocycles. The molecule has 0 spiro atoms. The second-order valence-corrected chi connectivity index (χ2v) is 3.89. The fraction of sp³-hybridized carbons (Fsp3) is 0.333. The molecule has 2 atom stereocenters. The Bertz CT molecular complexity index is 467. The zero-order valence-corrected chi connectivity index (χ0v) is 9.44. The fourth-order valence-electron chi connectivity index (χ4n) is 1.26. The maximum absolute atomic E-state index is 12.2. The first-order valence-electron chi connectivity index (χ1n) is 4.58. The van der Waals surface area contributed by atoms with Crippen molar-refractivity contribution in [2.24, 2.45) is 5.73 Å². The molecular formula is C9H8ClF3N2O3. The van der Waals surface area contributed by atoms with Crippen molar-refractivity contribution in [2.45, 2.75) is 18.3 Å². The minimum Gasteiger partial charge on any atom is -0.382 e. The predicted octanol–water partition coefficient (Wildman–Crippen LogP) is 2.17. The zero-order valence-electron chi connectivity index (χ0n) is 8.69. The number of rotatable bonds is 3. The van der Waals surface area contributed by atoms with Gasteiger partial charge < -0.3 is 10.8 Å². The van der Waals surface area contributed by atoms with E-state index in [-0.39, 0.29) is 10.6 Å². The quantitative estimate of drug-likeness (QED) is 0.657. The summed E-state index contributed by atoms with van der Waals surface area (Å²) in [4.78, 5) is 9.71. The van der Waals surface area contributed by atoms with Gasteiger partial charge in [0, 0.05) is 6.07 Å². The van der Waals surface area contributed by atoms with Gasteiger partial charge >= 0.3 is 6.18 Å². The molecule has 0 aliphatic heterocycles. The Kier molecular flexibility index (Phi) is 4.15. The van der Waals surface area contributed by atoms with E-state index in [9.17, 15) is 23.3 Å². The zero-order chi connectivity index (χ0) is 14.1. The van der Waals surface area contributed by atoms with E-state index in [4.69, 9.17) is 22.4 Å². The van der Waals surface area contributed by atoms with Gasteiger partial charge in [0.25, 0.3) is 5.69 Å². The molecule has 0 saturated carbocycles. The normalized spacial score (nSPS) is 15.2. The topological polar surface area (TPSA) is 89.4 Å². The van der Waals surface area contributed by atoms with Crippen LogP contribution in [0, 0.1) is 10.1 Å². The molecule has 3 N–H and O–H groups in total. The smallest absolute Gasteiger partial charge is 0.382 e. The molecule has 0 unspecified atom stereocenters. The second-order valence-electron chi connectivity index (χ2n) is 3.48. The highest BCUT2D eigenvalue weighted by molar-refractivity contribution is 6.32. The Morgan fingerprint density at radius 1 is 1.44 bits per heavy atom. The number of nitro benzene ring substituents is 1. The van der Waals surface area contributed by atoms with E-state index in [0.717, 1.165) is 18.2 Å². The number of aliphatic hydroxyl groups excluding tert-OH is 1. The first-order valence-corrected chi connectivity index (χ1v) is 4.96. The molecule has 0 amide bonds. The Hall–Kier alpha value is -1.38. The standard InChI is InChI=1S/C9H8ClF3N2O3/c10-5-2-1-4(3-6(5)15(17)18)7(14)8(16)9(11,12)13/h1-3,7-8,16H,14H2/t7-,8-/m1/s1. The first kappa shape index (κ1) is 14.7. The van der Waals surface area contributed by atoms with Gasteiger partial charge in [0.05, 0.1) is 11.0 Å². The number of halogens is 4. The van der Waals surface area contributed by atoms with E-state index in [1.165, 1.54) is 0 Å².